The number of hydrogen-bond donors (Lipinski definition) is 0. The number of pyridine rings is 1. The Bertz CT molecular complexity index is 314. The van der Waals surface area contributed by atoms with Gasteiger partial charge in [0, 0.05) is 17.3 Å². The molecular formula is C9H10N4. The highest BCUT2D eigenvalue weighted by Gasteiger charge is 2.06. The van der Waals surface area contributed by atoms with Gasteiger partial charge in [-0.2, -0.15) is 0 Å². The van der Waals surface area contributed by atoms with Gasteiger partial charge in [0.2, 0.25) is 0 Å². The molecule has 0 amide bonds. The summed E-state index contributed by atoms with van der Waals surface area (Å²) >= 11 is 0. The van der Waals surface area contributed by atoms with Crippen molar-refractivity contribution in [1.29, 1.82) is 0 Å². The van der Waals surface area contributed by atoms with E-state index in [0.717, 1.165) is 5.56 Å². The summed E-state index contributed by atoms with van der Waals surface area (Å²) in [4.78, 5) is 6.73. The van der Waals surface area contributed by atoms with Crippen molar-refractivity contribution in [3.63, 3.8) is 0 Å². The van der Waals surface area contributed by atoms with Gasteiger partial charge in [-0.05, 0) is 23.6 Å². The Morgan fingerprint density at radius 3 is 3.15 bits per heavy atom. The van der Waals surface area contributed by atoms with Gasteiger partial charge in [-0.3, -0.25) is 4.98 Å². The fourth-order valence-electron chi connectivity index (χ4n) is 1.04. The van der Waals surface area contributed by atoms with Crippen LogP contribution in [-0.2, 0) is 0 Å². The highest BCUT2D eigenvalue weighted by Crippen LogP contribution is 2.20. The van der Waals surface area contributed by atoms with Crippen molar-refractivity contribution in [3.05, 3.63) is 53.2 Å². The second-order valence-electron chi connectivity index (χ2n) is 2.53. The van der Waals surface area contributed by atoms with Gasteiger partial charge in [0.15, 0.2) is 0 Å². The van der Waals surface area contributed by atoms with Gasteiger partial charge in [0.25, 0.3) is 0 Å². The molecule has 0 fully saturated rings. The summed E-state index contributed by atoms with van der Waals surface area (Å²) in [5.41, 5.74) is 9.25. The van der Waals surface area contributed by atoms with Crippen LogP contribution < -0.4 is 0 Å². The Hall–Kier alpha value is -1.80. The van der Waals surface area contributed by atoms with E-state index in [1.807, 2.05) is 12.1 Å². The number of nitrogens with zero attached hydrogens (tertiary/aromatic N) is 4. The average Bonchev–Trinajstić information content (AvgIpc) is 2.19. The van der Waals surface area contributed by atoms with E-state index in [-0.39, 0.29) is 6.04 Å². The van der Waals surface area contributed by atoms with E-state index in [9.17, 15) is 0 Å². The molecule has 0 aromatic carbocycles. The van der Waals surface area contributed by atoms with Gasteiger partial charge in [-0.15, -0.1) is 6.58 Å². The Kier molecular flexibility index (Phi) is 3.54. The summed E-state index contributed by atoms with van der Waals surface area (Å²) in [6, 6.07) is 3.52. The Labute approximate surface area is 76.6 Å². The highest BCUT2D eigenvalue weighted by atomic mass is 15.1. The second-order valence-corrected chi connectivity index (χ2v) is 2.53. The zero-order chi connectivity index (χ0) is 9.52. The lowest BCUT2D eigenvalue weighted by molar-refractivity contribution is 0.730. The molecule has 1 aromatic rings. The van der Waals surface area contributed by atoms with Crippen molar-refractivity contribution in [2.24, 2.45) is 5.11 Å². The van der Waals surface area contributed by atoms with E-state index in [2.05, 4.69) is 21.6 Å². The molecule has 0 spiro atoms. The number of azide groups is 1. The fraction of sp³-hybridized carbons (Fsp3) is 0.222. The van der Waals surface area contributed by atoms with Crippen LogP contribution in [0.4, 0.5) is 0 Å². The minimum absolute atomic E-state index is 0.184. The summed E-state index contributed by atoms with van der Waals surface area (Å²) in [7, 11) is 0. The molecule has 0 aliphatic rings. The molecule has 4 nitrogen and oxygen atoms in total. The summed E-state index contributed by atoms with van der Waals surface area (Å²) in [6.07, 6.45) is 5.75. The quantitative estimate of drug-likeness (QED) is 0.299. The van der Waals surface area contributed by atoms with Crippen molar-refractivity contribution in [1.82, 2.24) is 4.98 Å². The first-order valence-corrected chi connectivity index (χ1v) is 3.93. The van der Waals surface area contributed by atoms with Gasteiger partial charge >= 0.3 is 0 Å². The number of hydrogen-bond acceptors (Lipinski definition) is 2. The summed E-state index contributed by atoms with van der Waals surface area (Å²) in [5, 5.41) is 3.65. The average molecular weight is 174 g/mol. The van der Waals surface area contributed by atoms with Gasteiger partial charge in [0.1, 0.15) is 0 Å². The Morgan fingerprint density at radius 2 is 2.62 bits per heavy atom. The molecule has 4 heteroatoms. The zero-order valence-corrected chi connectivity index (χ0v) is 7.17. The van der Waals surface area contributed by atoms with Gasteiger partial charge in [0.05, 0.1) is 6.04 Å². The molecule has 1 atom stereocenters. The Morgan fingerprint density at radius 1 is 1.77 bits per heavy atom. The van der Waals surface area contributed by atoms with Crippen LogP contribution in [0.5, 0.6) is 0 Å². The molecule has 0 N–H and O–H groups in total. The van der Waals surface area contributed by atoms with Crippen molar-refractivity contribution in [3.8, 4) is 0 Å². The predicted molar refractivity (Wildman–Crippen MR) is 50.9 cm³/mol. The van der Waals surface area contributed by atoms with Gasteiger partial charge in [-0.25, -0.2) is 0 Å². The van der Waals surface area contributed by atoms with Crippen molar-refractivity contribution < 1.29 is 0 Å². The summed E-state index contributed by atoms with van der Waals surface area (Å²) in [5.74, 6) is 0. The van der Waals surface area contributed by atoms with E-state index in [1.165, 1.54) is 0 Å². The van der Waals surface area contributed by atoms with Crippen LogP contribution in [0.3, 0.4) is 0 Å². The van der Waals surface area contributed by atoms with Crippen molar-refractivity contribution >= 4 is 0 Å². The van der Waals surface area contributed by atoms with E-state index in [1.54, 1.807) is 18.5 Å². The summed E-state index contributed by atoms with van der Waals surface area (Å²) in [6.45, 7) is 3.60. The lowest BCUT2D eigenvalue weighted by Gasteiger charge is -2.06. The third kappa shape index (κ3) is 2.61. The van der Waals surface area contributed by atoms with E-state index >= 15 is 0 Å². The van der Waals surface area contributed by atoms with Crippen LogP contribution in [0.2, 0.25) is 0 Å². The molecule has 0 aliphatic heterocycles. The monoisotopic (exact) mass is 174 g/mol. The maximum atomic E-state index is 8.33. The third-order valence-corrected chi connectivity index (χ3v) is 1.65. The molecule has 0 radical (unpaired) electrons. The van der Waals surface area contributed by atoms with E-state index in [4.69, 9.17) is 5.53 Å². The molecule has 0 saturated carbocycles. The Balaban J connectivity index is 2.87. The first-order valence-electron chi connectivity index (χ1n) is 3.93. The van der Waals surface area contributed by atoms with Gasteiger partial charge in [-0.1, -0.05) is 17.3 Å². The fourth-order valence-corrected chi connectivity index (χ4v) is 1.04. The van der Waals surface area contributed by atoms with Crippen LogP contribution in [0.25, 0.3) is 10.4 Å². The summed E-state index contributed by atoms with van der Waals surface area (Å²) < 4.78 is 0. The van der Waals surface area contributed by atoms with Crippen LogP contribution in [0.1, 0.15) is 18.0 Å². The standard InChI is InChI=1S/C9H10N4/c1-2-4-9(12-13-10)8-5-3-6-11-7-8/h2-3,5-7,9H,1,4H2/t9-/m0/s1. The van der Waals surface area contributed by atoms with E-state index < -0.39 is 0 Å². The zero-order valence-electron chi connectivity index (χ0n) is 7.17. The lowest BCUT2D eigenvalue weighted by Crippen LogP contribution is -1.92. The molecule has 0 unspecified atom stereocenters. The minimum atomic E-state index is -0.184. The first-order chi connectivity index (χ1) is 6.38. The number of aromatic nitrogens is 1. The minimum Gasteiger partial charge on any atom is -0.264 e. The second kappa shape index (κ2) is 4.95. The van der Waals surface area contributed by atoms with Crippen molar-refractivity contribution in [2.45, 2.75) is 12.5 Å². The molecule has 0 bridgehead atoms. The topological polar surface area (TPSA) is 61.7 Å². The normalized spacial score (nSPS) is 11.4. The smallest absolute Gasteiger partial charge is 0.0674 e. The maximum Gasteiger partial charge on any atom is 0.0674 e. The molecule has 13 heavy (non-hydrogen) atoms. The third-order valence-electron chi connectivity index (χ3n) is 1.65. The molecule has 1 heterocycles. The molecule has 0 saturated heterocycles. The van der Waals surface area contributed by atoms with Crippen LogP contribution in [0, 0.1) is 0 Å². The largest absolute Gasteiger partial charge is 0.264 e. The first kappa shape index (κ1) is 9.29. The van der Waals surface area contributed by atoms with Crippen LogP contribution in [-0.4, -0.2) is 4.98 Å². The lowest BCUT2D eigenvalue weighted by atomic mass is 10.1. The SMILES string of the molecule is C=CC[C@H](N=[N+]=[N-])c1cccnc1. The van der Waals surface area contributed by atoms with Crippen LogP contribution in [0.15, 0.2) is 42.3 Å². The highest BCUT2D eigenvalue weighted by molar-refractivity contribution is 5.14. The number of rotatable bonds is 4. The molecular weight excluding hydrogens is 164 g/mol. The molecule has 66 valence electrons. The van der Waals surface area contributed by atoms with Crippen LogP contribution >= 0.6 is 0 Å². The molecule has 0 aliphatic carbocycles. The molecule has 1 rings (SSSR count). The predicted octanol–water partition coefficient (Wildman–Crippen LogP) is 3.01. The maximum absolute atomic E-state index is 8.33. The van der Waals surface area contributed by atoms with Crippen molar-refractivity contribution in [2.75, 3.05) is 0 Å². The van der Waals surface area contributed by atoms with Gasteiger partial charge < -0.3 is 0 Å². The van der Waals surface area contributed by atoms with E-state index in [0.29, 0.717) is 6.42 Å². The molecule has 1 aromatic heterocycles.